The third kappa shape index (κ3) is 6.41. The SMILES string of the molecule is CCOc1ccc(OCCNC(=O)C2CCN(c3ccc(-c4ccccc4OC)nn3)CC2)cc1. The second kappa shape index (κ2) is 12.1. The molecule has 0 radical (unpaired) electrons. The molecule has 1 aromatic heterocycles. The molecule has 0 unspecified atom stereocenters. The molecule has 2 heterocycles. The average Bonchev–Trinajstić information content (AvgIpc) is 2.92. The van der Waals surface area contributed by atoms with E-state index in [2.05, 4.69) is 20.4 Å². The lowest BCUT2D eigenvalue weighted by Crippen LogP contribution is -2.41. The van der Waals surface area contributed by atoms with Crippen LogP contribution < -0.4 is 24.4 Å². The normalized spacial score (nSPS) is 13.8. The molecule has 1 saturated heterocycles. The van der Waals surface area contributed by atoms with Crippen LogP contribution in [0.2, 0.25) is 0 Å². The molecule has 8 heteroatoms. The van der Waals surface area contributed by atoms with E-state index in [1.54, 1.807) is 7.11 Å². The maximum absolute atomic E-state index is 12.6. The zero-order chi connectivity index (χ0) is 24.5. The Morgan fingerprint density at radius 1 is 0.971 bits per heavy atom. The van der Waals surface area contributed by atoms with Gasteiger partial charge >= 0.3 is 0 Å². The summed E-state index contributed by atoms with van der Waals surface area (Å²) in [4.78, 5) is 14.8. The van der Waals surface area contributed by atoms with Crippen molar-refractivity contribution in [2.45, 2.75) is 19.8 Å². The summed E-state index contributed by atoms with van der Waals surface area (Å²) in [5.41, 5.74) is 1.68. The van der Waals surface area contributed by atoms with E-state index in [4.69, 9.17) is 14.2 Å². The predicted molar refractivity (Wildman–Crippen MR) is 135 cm³/mol. The first-order valence-electron chi connectivity index (χ1n) is 12.0. The third-order valence-electron chi connectivity index (χ3n) is 6.03. The van der Waals surface area contributed by atoms with Crippen molar-refractivity contribution in [2.24, 2.45) is 5.92 Å². The fraction of sp³-hybridized carbons (Fsp3) is 0.370. The largest absolute Gasteiger partial charge is 0.496 e. The lowest BCUT2D eigenvalue weighted by Gasteiger charge is -2.31. The molecule has 0 bridgehead atoms. The number of benzene rings is 2. The van der Waals surface area contributed by atoms with Gasteiger partial charge in [-0.3, -0.25) is 4.79 Å². The summed E-state index contributed by atoms with van der Waals surface area (Å²) >= 11 is 0. The standard InChI is InChI=1S/C27H32N4O4/c1-3-34-21-8-10-22(11-9-21)35-19-16-28-27(32)20-14-17-31(18-15-20)26-13-12-24(29-30-26)23-6-4-5-7-25(23)33-2/h4-13,20H,3,14-19H2,1-2H3,(H,28,32). The van der Waals surface area contributed by atoms with Crippen LogP contribution in [0.25, 0.3) is 11.3 Å². The van der Waals surface area contributed by atoms with E-state index in [9.17, 15) is 4.79 Å². The molecule has 0 atom stereocenters. The Labute approximate surface area is 206 Å². The minimum absolute atomic E-state index is 0.00228. The van der Waals surface area contributed by atoms with Crippen LogP contribution in [-0.2, 0) is 4.79 Å². The van der Waals surface area contributed by atoms with E-state index in [1.807, 2.05) is 67.6 Å². The van der Waals surface area contributed by atoms with Crippen molar-refractivity contribution in [1.29, 1.82) is 0 Å². The molecule has 1 aliphatic heterocycles. The van der Waals surface area contributed by atoms with Gasteiger partial charge in [-0.25, -0.2) is 0 Å². The molecule has 4 rings (SSSR count). The van der Waals surface area contributed by atoms with Crippen molar-refractivity contribution < 1.29 is 19.0 Å². The highest BCUT2D eigenvalue weighted by atomic mass is 16.5. The number of para-hydroxylation sites is 1. The summed E-state index contributed by atoms with van der Waals surface area (Å²) in [6.07, 6.45) is 1.56. The zero-order valence-electron chi connectivity index (χ0n) is 20.3. The number of hydrogen-bond donors (Lipinski definition) is 1. The van der Waals surface area contributed by atoms with Crippen LogP contribution in [0.3, 0.4) is 0 Å². The lowest BCUT2D eigenvalue weighted by atomic mass is 9.96. The van der Waals surface area contributed by atoms with E-state index in [1.165, 1.54) is 0 Å². The molecule has 184 valence electrons. The first kappa shape index (κ1) is 24.3. The van der Waals surface area contributed by atoms with E-state index >= 15 is 0 Å². The first-order valence-corrected chi connectivity index (χ1v) is 12.0. The van der Waals surface area contributed by atoms with Gasteiger partial charge in [-0.2, -0.15) is 0 Å². The molecule has 1 fully saturated rings. The number of aromatic nitrogens is 2. The summed E-state index contributed by atoms with van der Waals surface area (Å²) in [6, 6.07) is 19.2. The van der Waals surface area contributed by atoms with Crippen molar-refractivity contribution in [3.63, 3.8) is 0 Å². The maximum atomic E-state index is 12.6. The number of nitrogens with zero attached hydrogens (tertiary/aromatic N) is 3. The Bertz CT molecular complexity index is 1080. The van der Waals surface area contributed by atoms with E-state index in [-0.39, 0.29) is 11.8 Å². The Morgan fingerprint density at radius 3 is 2.34 bits per heavy atom. The number of amides is 1. The maximum Gasteiger partial charge on any atom is 0.223 e. The van der Waals surface area contributed by atoms with Crippen molar-refractivity contribution in [3.05, 3.63) is 60.7 Å². The van der Waals surface area contributed by atoms with E-state index in [0.29, 0.717) is 19.8 Å². The molecule has 1 amide bonds. The Morgan fingerprint density at radius 2 is 1.69 bits per heavy atom. The van der Waals surface area contributed by atoms with Crippen LogP contribution in [0.5, 0.6) is 17.2 Å². The number of nitrogens with one attached hydrogen (secondary N) is 1. The van der Waals surface area contributed by atoms with Crippen LogP contribution in [0.15, 0.2) is 60.7 Å². The van der Waals surface area contributed by atoms with Crippen LogP contribution in [0, 0.1) is 5.92 Å². The quantitative estimate of drug-likeness (QED) is 0.443. The Kier molecular flexibility index (Phi) is 8.38. The second-order valence-electron chi connectivity index (χ2n) is 8.28. The Balaban J connectivity index is 1.20. The van der Waals surface area contributed by atoms with E-state index < -0.39 is 0 Å². The van der Waals surface area contributed by atoms with Crippen LogP contribution in [0.4, 0.5) is 5.82 Å². The van der Waals surface area contributed by atoms with Gasteiger partial charge in [0.15, 0.2) is 5.82 Å². The molecule has 0 saturated carbocycles. The fourth-order valence-electron chi connectivity index (χ4n) is 4.15. The predicted octanol–water partition coefficient (Wildman–Crippen LogP) is 3.96. The number of anilines is 1. The molecule has 0 aliphatic carbocycles. The molecule has 35 heavy (non-hydrogen) atoms. The van der Waals surface area contributed by atoms with Gasteiger partial charge < -0.3 is 24.4 Å². The average molecular weight is 477 g/mol. The fourth-order valence-corrected chi connectivity index (χ4v) is 4.15. The minimum Gasteiger partial charge on any atom is -0.496 e. The zero-order valence-corrected chi connectivity index (χ0v) is 20.3. The molecule has 1 N–H and O–H groups in total. The lowest BCUT2D eigenvalue weighted by molar-refractivity contribution is -0.125. The molecular weight excluding hydrogens is 444 g/mol. The van der Waals surface area contributed by atoms with Gasteiger partial charge in [0.05, 0.1) is 26.0 Å². The van der Waals surface area contributed by atoms with Crippen LogP contribution in [-0.4, -0.2) is 56.1 Å². The number of rotatable bonds is 10. The number of hydrogen-bond acceptors (Lipinski definition) is 7. The summed E-state index contributed by atoms with van der Waals surface area (Å²) in [6.45, 7) is 5.02. The highest BCUT2D eigenvalue weighted by molar-refractivity contribution is 5.79. The smallest absolute Gasteiger partial charge is 0.223 e. The van der Waals surface area contributed by atoms with Crippen molar-refractivity contribution in [1.82, 2.24) is 15.5 Å². The number of carbonyl (C=O) groups excluding carboxylic acids is 1. The molecule has 1 aliphatic rings. The number of carbonyl (C=O) groups is 1. The molecule has 0 spiro atoms. The summed E-state index contributed by atoms with van der Waals surface area (Å²) in [5, 5.41) is 11.8. The molecule has 3 aromatic rings. The summed E-state index contributed by atoms with van der Waals surface area (Å²) < 4.78 is 16.6. The molecule has 2 aromatic carbocycles. The molecule has 8 nitrogen and oxygen atoms in total. The number of methoxy groups -OCH3 is 1. The van der Waals surface area contributed by atoms with Crippen molar-refractivity contribution >= 4 is 11.7 Å². The summed E-state index contributed by atoms with van der Waals surface area (Å²) in [5.74, 6) is 3.25. The van der Waals surface area contributed by atoms with E-state index in [0.717, 1.165) is 60.3 Å². The van der Waals surface area contributed by atoms with Crippen LogP contribution >= 0.6 is 0 Å². The topological polar surface area (TPSA) is 85.8 Å². The van der Waals surface area contributed by atoms with Crippen molar-refractivity contribution in [2.75, 3.05) is 44.9 Å². The second-order valence-corrected chi connectivity index (χ2v) is 8.28. The minimum atomic E-state index is -0.00228. The number of ether oxygens (including phenoxy) is 3. The van der Waals surface area contributed by atoms with Gasteiger partial charge in [-0.1, -0.05) is 12.1 Å². The highest BCUT2D eigenvalue weighted by Crippen LogP contribution is 2.29. The van der Waals surface area contributed by atoms with Gasteiger partial charge in [0.2, 0.25) is 5.91 Å². The molecular formula is C27H32N4O4. The number of piperidine rings is 1. The monoisotopic (exact) mass is 476 g/mol. The van der Waals surface area contributed by atoms with Gasteiger partial charge in [0.25, 0.3) is 0 Å². The van der Waals surface area contributed by atoms with Gasteiger partial charge in [0.1, 0.15) is 23.9 Å². The highest BCUT2D eigenvalue weighted by Gasteiger charge is 2.25. The van der Waals surface area contributed by atoms with Crippen molar-refractivity contribution in [3.8, 4) is 28.5 Å². The van der Waals surface area contributed by atoms with Gasteiger partial charge in [0, 0.05) is 24.6 Å². The first-order chi connectivity index (χ1) is 17.2. The van der Waals surface area contributed by atoms with Gasteiger partial charge in [-0.15, -0.1) is 10.2 Å². The third-order valence-corrected chi connectivity index (χ3v) is 6.03. The summed E-state index contributed by atoms with van der Waals surface area (Å²) in [7, 11) is 1.65. The van der Waals surface area contributed by atoms with Crippen LogP contribution in [0.1, 0.15) is 19.8 Å². The van der Waals surface area contributed by atoms with Gasteiger partial charge in [-0.05, 0) is 68.3 Å². The Hall–Kier alpha value is -3.81.